The van der Waals surface area contributed by atoms with Gasteiger partial charge in [-0.15, -0.1) is 34.2 Å². The fourth-order valence-corrected chi connectivity index (χ4v) is 2.92. The summed E-state index contributed by atoms with van der Waals surface area (Å²) < 4.78 is 2.02. The first-order chi connectivity index (χ1) is 11.0. The third-order valence-electron chi connectivity index (χ3n) is 4.45. The quantitative estimate of drug-likeness (QED) is 0.393. The van der Waals surface area contributed by atoms with Crippen LogP contribution in [0.25, 0.3) is 0 Å². The van der Waals surface area contributed by atoms with E-state index in [1.807, 2.05) is 4.57 Å². The van der Waals surface area contributed by atoms with Crippen LogP contribution in [0, 0.1) is 5.92 Å². The zero-order valence-corrected chi connectivity index (χ0v) is 17.8. The van der Waals surface area contributed by atoms with Crippen LogP contribution in [-0.4, -0.2) is 57.3 Å². The second-order valence-corrected chi connectivity index (χ2v) is 6.50. The summed E-state index contributed by atoms with van der Waals surface area (Å²) in [6, 6.07) is 1.02. The zero-order chi connectivity index (χ0) is 16.8. The first kappa shape index (κ1) is 21.1. The third-order valence-corrected chi connectivity index (χ3v) is 4.45. The molecule has 1 aliphatic rings. The Bertz CT molecular complexity index is 514. The Labute approximate surface area is 162 Å². The van der Waals surface area contributed by atoms with Crippen LogP contribution in [-0.2, 0) is 13.1 Å². The van der Waals surface area contributed by atoms with Crippen molar-refractivity contribution in [3.05, 3.63) is 12.2 Å². The van der Waals surface area contributed by atoms with Gasteiger partial charge in [-0.25, -0.2) is 4.99 Å². The SMILES string of the molecule is CCNC(=NCc1nncn1CC)NC1CN(C(C)C)CC1C.I. The predicted molar refractivity (Wildman–Crippen MR) is 109 cm³/mol. The largest absolute Gasteiger partial charge is 0.357 e. The molecular formula is C16H32IN7. The highest BCUT2D eigenvalue weighted by Crippen LogP contribution is 2.18. The molecular weight excluding hydrogens is 417 g/mol. The van der Waals surface area contributed by atoms with Crippen molar-refractivity contribution in [2.75, 3.05) is 19.6 Å². The monoisotopic (exact) mass is 449 g/mol. The van der Waals surface area contributed by atoms with Crippen molar-refractivity contribution < 1.29 is 0 Å². The average molecular weight is 449 g/mol. The maximum absolute atomic E-state index is 4.68. The van der Waals surface area contributed by atoms with E-state index in [1.54, 1.807) is 6.33 Å². The van der Waals surface area contributed by atoms with E-state index in [4.69, 9.17) is 0 Å². The van der Waals surface area contributed by atoms with E-state index in [-0.39, 0.29) is 24.0 Å². The normalized spacial score (nSPS) is 21.8. The van der Waals surface area contributed by atoms with Crippen LogP contribution in [0.5, 0.6) is 0 Å². The lowest BCUT2D eigenvalue weighted by molar-refractivity contribution is 0.265. The molecule has 0 bridgehead atoms. The van der Waals surface area contributed by atoms with Gasteiger partial charge in [0.25, 0.3) is 0 Å². The molecule has 1 aromatic heterocycles. The topological polar surface area (TPSA) is 70.4 Å². The third kappa shape index (κ3) is 5.58. The molecule has 0 aliphatic carbocycles. The maximum atomic E-state index is 4.68. The minimum atomic E-state index is 0. The summed E-state index contributed by atoms with van der Waals surface area (Å²) >= 11 is 0. The fourth-order valence-electron chi connectivity index (χ4n) is 2.92. The minimum Gasteiger partial charge on any atom is -0.357 e. The highest BCUT2D eigenvalue weighted by atomic mass is 127. The average Bonchev–Trinajstić information content (AvgIpc) is 3.11. The first-order valence-electron chi connectivity index (χ1n) is 8.70. The van der Waals surface area contributed by atoms with Gasteiger partial charge in [0, 0.05) is 38.3 Å². The molecule has 0 saturated carbocycles. The van der Waals surface area contributed by atoms with Gasteiger partial charge in [0.15, 0.2) is 11.8 Å². The van der Waals surface area contributed by atoms with Crippen LogP contribution in [0.1, 0.15) is 40.4 Å². The Morgan fingerprint density at radius 2 is 2.12 bits per heavy atom. The molecule has 0 radical (unpaired) electrons. The predicted octanol–water partition coefficient (Wildman–Crippen LogP) is 1.70. The van der Waals surface area contributed by atoms with E-state index >= 15 is 0 Å². The summed E-state index contributed by atoms with van der Waals surface area (Å²) in [4.78, 5) is 7.20. The highest BCUT2D eigenvalue weighted by molar-refractivity contribution is 14.0. The molecule has 24 heavy (non-hydrogen) atoms. The van der Waals surface area contributed by atoms with Crippen molar-refractivity contribution in [2.45, 2.75) is 59.8 Å². The summed E-state index contributed by atoms with van der Waals surface area (Å²) in [7, 11) is 0. The van der Waals surface area contributed by atoms with Gasteiger partial charge in [-0.3, -0.25) is 4.90 Å². The van der Waals surface area contributed by atoms with E-state index in [1.165, 1.54) is 0 Å². The van der Waals surface area contributed by atoms with Crippen LogP contribution >= 0.6 is 24.0 Å². The van der Waals surface area contributed by atoms with E-state index in [0.717, 1.165) is 38.0 Å². The van der Waals surface area contributed by atoms with E-state index in [2.05, 4.69) is 65.3 Å². The van der Waals surface area contributed by atoms with Crippen LogP contribution in [0.3, 0.4) is 0 Å². The van der Waals surface area contributed by atoms with Gasteiger partial charge in [-0.05, 0) is 33.6 Å². The van der Waals surface area contributed by atoms with Crippen LogP contribution in [0.4, 0.5) is 0 Å². The van der Waals surface area contributed by atoms with Crippen molar-refractivity contribution in [1.29, 1.82) is 0 Å². The Balaban J connectivity index is 0.00000288. The molecule has 7 nitrogen and oxygen atoms in total. The number of nitrogens with one attached hydrogen (secondary N) is 2. The molecule has 2 N–H and O–H groups in total. The Kier molecular flexibility index (Phi) is 8.96. The van der Waals surface area contributed by atoms with Crippen molar-refractivity contribution in [1.82, 2.24) is 30.3 Å². The minimum absolute atomic E-state index is 0. The summed E-state index contributed by atoms with van der Waals surface area (Å²) in [5.74, 6) is 2.37. The fraction of sp³-hybridized carbons (Fsp3) is 0.812. The second-order valence-electron chi connectivity index (χ2n) is 6.50. The number of guanidine groups is 1. The van der Waals surface area contributed by atoms with E-state index < -0.39 is 0 Å². The Morgan fingerprint density at radius 1 is 1.38 bits per heavy atom. The molecule has 2 heterocycles. The number of rotatable bonds is 6. The highest BCUT2D eigenvalue weighted by Gasteiger charge is 2.31. The molecule has 1 fully saturated rings. The summed E-state index contributed by atoms with van der Waals surface area (Å²) in [5.41, 5.74) is 0. The summed E-state index contributed by atoms with van der Waals surface area (Å²) in [5, 5.41) is 15.0. The molecule has 0 aromatic carbocycles. The molecule has 2 rings (SSSR count). The number of aryl methyl sites for hydroxylation is 1. The van der Waals surface area contributed by atoms with Gasteiger partial charge in [-0.1, -0.05) is 6.92 Å². The van der Waals surface area contributed by atoms with Crippen LogP contribution in [0.2, 0.25) is 0 Å². The lowest BCUT2D eigenvalue weighted by Crippen LogP contribution is -2.46. The number of aromatic nitrogens is 3. The number of aliphatic imine (C=N–C) groups is 1. The van der Waals surface area contributed by atoms with Gasteiger partial charge in [0.1, 0.15) is 12.9 Å². The summed E-state index contributed by atoms with van der Waals surface area (Å²) in [6.45, 7) is 15.4. The Morgan fingerprint density at radius 3 is 2.71 bits per heavy atom. The van der Waals surface area contributed by atoms with Gasteiger partial charge in [-0.2, -0.15) is 0 Å². The van der Waals surface area contributed by atoms with Crippen LogP contribution < -0.4 is 10.6 Å². The van der Waals surface area contributed by atoms with Crippen molar-refractivity contribution in [3.63, 3.8) is 0 Å². The van der Waals surface area contributed by atoms with Crippen molar-refractivity contribution >= 4 is 29.9 Å². The van der Waals surface area contributed by atoms with Crippen LogP contribution in [0.15, 0.2) is 11.3 Å². The lowest BCUT2D eigenvalue weighted by Gasteiger charge is -2.21. The van der Waals surface area contributed by atoms with Gasteiger partial charge in [0.2, 0.25) is 0 Å². The molecule has 8 heteroatoms. The maximum Gasteiger partial charge on any atom is 0.191 e. The zero-order valence-electron chi connectivity index (χ0n) is 15.5. The standard InChI is InChI=1S/C16H31N7.HI/c1-6-17-16(18-8-15-21-19-11-22(15)7-2)20-14-10-23(12(3)4)9-13(14)5;/h11-14H,6-10H2,1-5H3,(H2,17,18,20);1H. The Hall–Kier alpha value is -0.900. The van der Waals surface area contributed by atoms with Crippen molar-refractivity contribution in [2.24, 2.45) is 10.9 Å². The van der Waals surface area contributed by atoms with E-state index in [9.17, 15) is 0 Å². The molecule has 0 amide bonds. The number of halogens is 1. The summed E-state index contributed by atoms with van der Waals surface area (Å²) in [6.07, 6.45) is 1.75. The lowest BCUT2D eigenvalue weighted by atomic mass is 10.1. The van der Waals surface area contributed by atoms with Gasteiger partial charge in [0.05, 0.1) is 0 Å². The number of hydrogen-bond acceptors (Lipinski definition) is 4. The van der Waals surface area contributed by atoms with Crippen molar-refractivity contribution in [3.8, 4) is 0 Å². The number of nitrogens with zero attached hydrogens (tertiary/aromatic N) is 5. The van der Waals surface area contributed by atoms with Gasteiger partial charge >= 0.3 is 0 Å². The second kappa shape index (κ2) is 10.2. The number of likely N-dealkylation sites (tertiary alicyclic amines) is 1. The smallest absolute Gasteiger partial charge is 0.191 e. The van der Waals surface area contributed by atoms with E-state index in [0.29, 0.717) is 24.5 Å². The first-order valence-corrected chi connectivity index (χ1v) is 8.70. The molecule has 1 aliphatic heterocycles. The molecule has 2 atom stereocenters. The molecule has 0 spiro atoms. The van der Waals surface area contributed by atoms with Gasteiger partial charge < -0.3 is 15.2 Å². The molecule has 2 unspecified atom stereocenters. The molecule has 1 saturated heterocycles. The molecule has 1 aromatic rings. The molecule has 138 valence electrons. The number of hydrogen-bond donors (Lipinski definition) is 2.